The van der Waals surface area contributed by atoms with Crippen LogP contribution in [0.1, 0.15) is 100 Å². The molecule has 5 rings (SSSR count). The van der Waals surface area contributed by atoms with Crippen molar-refractivity contribution in [2.75, 3.05) is 44.2 Å². The SMILES string of the molecule is Cc1ncsc1-c1ccc([C@H](C)NC(=O)[C@@H]2C[C@@H](O)CN2C(=O)[C@@H](NC(=O)CCCCCCCNC(=O)c2ccc(N3CCNCC3)cn2)C(C)(C)C)cc1.Cl. The normalized spacial score (nSPS) is 18.1. The molecule has 56 heavy (non-hydrogen) atoms. The molecule has 4 atom stereocenters. The van der Waals surface area contributed by atoms with Crippen LogP contribution in [-0.2, 0) is 14.4 Å². The maximum atomic E-state index is 14.0. The zero-order valence-electron chi connectivity index (χ0n) is 33.3. The number of nitrogens with one attached hydrogen (secondary N) is 4. The van der Waals surface area contributed by atoms with Gasteiger partial charge in [0.2, 0.25) is 17.7 Å². The summed E-state index contributed by atoms with van der Waals surface area (Å²) in [6, 6.07) is 9.66. The van der Waals surface area contributed by atoms with E-state index in [0.29, 0.717) is 18.7 Å². The van der Waals surface area contributed by atoms with Crippen LogP contribution in [0.4, 0.5) is 5.69 Å². The molecule has 0 spiro atoms. The molecule has 2 aliphatic rings. The number of benzene rings is 1. The van der Waals surface area contributed by atoms with Crippen LogP contribution in [-0.4, -0.2) is 101 Å². The minimum atomic E-state index is -0.864. The molecule has 2 aromatic heterocycles. The van der Waals surface area contributed by atoms with Crippen LogP contribution in [0.5, 0.6) is 0 Å². The number of aryl methyl sites for hydroxylation is 1. The van der Waals surface area contributed by atoms with Gasteiger partial charge in [0.15, 0.2) is 0 Å². The number of hydrogen-bond acceptors (Lipinski definition) is 10. The van der Waals surface area contributed by atoms with Crippen molar-refractivity contribution in [3.8, 4) is 10.4 Å². The van der Waals surface area contributed by atoms with E-state index in [1.54, 1.807) is 23.6 Å². The number of anilines is 1. The highest BCUT2D eigenvalue weighted by Crippen LogP contribution is 2.30. The molecule has 15 heteroatoms. The number of β-amino-alcohol motifs (C(OH)–C–C–N with tert-alkyl or cyclic N) is 1. The lowest BCUT2D eigenvalue weighted by atomic mass is 9.85. The van der Waals surface area contributed by atoms with Gasteiger partial charge >= 0.3 is 0 Å². The third-order valence-electron chi connectivity index (χ3n) is 10.4. The number of aromatic nitrogens is 2. The first-order chi connectivity index (χ1) is 26.3. The quantitative estimate of drug-likeness (QED) is 0.128. The molecule has 2 saturated heterocycles. The number of halogens is 1. The van der Waals surface area contributed by atoms with Crippen molar-refractivity contribution in [1.29, 1.82) is 0 Å². The molecular weight excluding hydrogens is 752 g/mol. The van der Waals surface area contributed by atoms with E-state index in [4.69, 9.17) is 0 Å². The first-order valence-corrected chi connectivity index (χ1v) is 20.5. The molecule has 5 N–H and O–H groups in total. The van der Waals surface area contributed by atoms with Crippen LogP contribution in [0.3, 0.4) is 0 Å². The van der Waals surface area contributed by atoms with E-state index in [1.807, 2.05) is 70.5 Å². The summed E-state index contributed by atoms with van der Waals surface area (Å²) in [5.74, 6) is -1.11. The van der Waals surface area contributed by atoms with E-state index in [-0.39, 0.29) is 61.5 Å². The number of rotatable bonds is 16. The standard InChI is InChI=1S/C41H58N8O5S.ClH/c1-27(29-12-14-30(15-13-29)36-28(2)45-26-55-36)46-39(53)34-23-32(50)25-49(34)40(54)37(41(3,4)5)47-35(51)11-9-7-6-8-10-18-43-38(52)33-17-16-31(24-44-33)48-21-19-42-20-22-48;/h12-17,24,26-27,32,34,37,42,50H,6-11,18-23,25H2,1-5H3,(H,43,52)(H,46,53)(H,47,51);1H/t27-,32+,34-,37+;/m0./s1. The minimum Gasteiger partial charge on any atom is -0.391 e. The summed E-state index contributed by atoms with van der Waals surface area (Å²) < 4.78 is 0. The number of aliphatic hydroxyl groups is 1. The zero-order valence-corrected chi connectivity index (χ0v) is 34.9. The predicted octanol–water partition coefficient (Wildman–Crippen LogP) is 4.79. The number of likely N-dealkylation sites (tertiary alicyclic amines) is 1. The van der Waals surface area contributed by atoms with Crippen molar-refractivity contribution < 1.29 is 24.3 Å². The number of piperazine rings is 1. The van der Waals surface area contributed by atoms with Crippen molar-refractivity contribution in [2.45, 2.75) is 104 Å². The second kappa shape index (κ2) is 20.9. The van der Waals surface area contributed by atoms with Gasteiger partial charge in [-0.1, -0.05) is 64.3 Å². The van der Waals surface area contributed by atoms with Crippen LogP contribution < -0.4 is 26.2 Å². The van der Waals surface area contributed by atoms with E-state index >= 15 is 0 Å². The number of thiazole rings is 1. The largest absolute Gasteiger partial charge is 0.391 e. The first kappa shape index (κ1) is 44.6. The molecule has 0 saturated carbocycles. The van der Waals surface area contributed by atoms with E-state index < -0.39 is 23.6 Å². The van der Waals surface area contributed by atoms with Crippen LogP contribution >= 0.6 is 23.7 Å². The Balaban J connectivity index is 0.00000696. The van der Waals surface area contributed by atoms with E-state index in [0.717, 1.165) is 79.2 Å². The van der Waals surface area contributed by atoms with Crippen molar-refractivity contribution in [2.24, 2.45) is 5.41 Å². The van der Waals surface area contributed by atoms with Crippen molar-refractivity contribution in [1.82, 2.24) is 36.1 Å². The van der Waals surface area contributed by atoms with Gasteiger partial charge < -0.3 is 36.2 Å². The van der Waals surface area contributed by atoms with Gasteiger partial charge in [0.25, 0.3) is 5.91 Å². The molecule has 0 aliphatic carbocycles. The van der Waals surface area contributed by atoms with Gasteiger partial charge in [0.05, 0.1) is 40.1 Å². The van der Waals surface area contributed by atoms with Gasteiger partial charge in [-0.25, -0.2) is 9.97 Å². The highest BCUT2D eigenvalue weighted by atomic mass is 35.5. The smallest absolute Gasteiger partial charge is 0.269 e. The van der Waals surface area contributed by atoms with Crippen LogP contribution in [0.25, 0.3) is 10.4 Å². The lowest BCUT2D eigenvalue weighted by molar-refractivity contribution is -0.144. The second-order valence-electron chi connectivity index (χ2n) is 15.8. The van der Waals surface area contributed by atoms with Gasteiger partial charge in [-0.15, -0.1) is 23.7 Å². The molecule has 0 unspecified atom stereocenters. The van der Waals surface area contributed by atoms with Gasteiger partial charge in [-0.05, 0) is 55.4 Å². The summed E-state index contributed by atoms with van der Waals surface area (Å²) in [5, 5.41) is 22.9. The van der Waals surface area contributed by atoms with Gasteiger partial charge in [-0.2, -0.15) is 0 Å². The Kier molecular flexibility index (Phi) is 16.6. The van der Waals surface area contributed by atoms with E-state index in [9.17, 15) is 24.3 Å². The highest BCUT2D eigenvalue weighted by molar-refractivity contribution is 7.13. The molecule has 1 aromatic carbocycles. The number of hydrogen-bond donors (Lipinski definition) is 5. The topological polar surface area (TPSA) is 169 Å². The minimum absolute atomic E-state index is 0. The zero-order chi connectivity index (χ0) is 39.5. The molecule has 306 valence electrons. The second-order valence-corrected chi connectivity index (χ2v) is 16.6. The average molecular weight is 811 g/mol. The summed E-state index contributed by atoms with van der Waals surface area (Å²) >= 11 is 1.58. The Morgan fingerprint density at radius 2 is 1.66 bits per heavy atom. The van der Waals surface area contributed by atoms with Crippen LogP contribution in [0.15, 0.2) is 48.1 Å². The maximum absolute atomic E-state index is 14.0. The number of unbranched alkanes of at least 4 members (excludes halogenated alkanes) is 4. The summed E-state index contributed by atoms with van der Waals surface area (Å²) in [6.07, 6.45) is 5.49. The maximum Gasteiger partial charge on any atom is 0.269 e. The summed E-state index contributed by atoms with van der Waals surface area (Å²) in [6.45, 7) is 13.8. The van der Waals surface area contributed by atoms with Crippen LogP contribution in [0, 0.1) is 12.3 Å². The number of carbonyl (C=O) groups is 4. The molecule has 3 aromatic rings. The molecule has 2 aliphatic heterocycles. The van der Waals surface area contributed by atoms with E-state index in [1.165, 1.54) is 4.90 Å². The Hall–Kier alpha value is -4.11. The number of aliphatic hydroxyl groups excluding tert-OH is 1. The number of nitrogens with zero attached hydrogens (tertiary/aromatic N) is 4. The third kappa shape index (κ3) is 12.2. The lowest BCUT2D eigenvalue weighted by Crippen LogP contribution is -2.57. The number of pyridine rings is 1. The average Bonchev–Trinajstić information content (AvgIpc) is 3.79. The summed E-state index contributed by atoms with van der Waals surface area (Å²) in [7, 11) is 0. The fourth-order valence-electron chi connectivity index (χ4n) is 7.11. The molecule has 2 fully saturated rings. The predicted molar refractivity (Wildman–Crippen MR) is 223 cm³/mol. The fraction of sp³-hybridized carbons (Fsp3) is 0.561. The van der Waals surface area contributed by atoms with E-state index in [2.05, 4.69) is 36.1 Å². The first-order valence-electron chi connectivity index (χ1n) is 19.6. The molecule has 0 bridgehead atoms. The monoisotopic (exact) mass is 810 g/mol. The molecule has 0 radical (unpaired) electrons. The summed E-state index contributed by atoms with van der Waals surface area (Å²) in [4.78, 5) is 66.7. The Morgan fingerprint density at radius 3 is 2.30 bits per heavy atom. The Morgan fingerprint density at radius 1 is 0.964 bits per heavy atom. The molecule has 4 heterocycles. The Bertz CT molecular complexity index is 1740. The molecule has 13 nitrogen and oxygen atoms in total. The van der Waals surface area contributed by atoms with Crippen LogP contribution in [0.2, 0.25) is 0 Å². The van der Waals surface area contributed by atoms with Crippen molar-refractivity contribution >= 4 is 53.1 Å². The summed E-state index contributed by atoms with van der Waals surface area (Å²) in [5.41, 5.74) is 5.59. The third-order valence-corrected chi connectivity index (χ3v) is 11.4. The fourth-order valence-corrected chi connectivity index (χ4v) is 7.92. The lowest BCUT2D eigenvalue weighted by Gasteiger charge is -2.35. The van der Waals surface area contributed by atoms with Gasteiger partial charge in [0, 0.05) is 52.1 Å². The highest BCUT2D eigenvalue weighted by Gasteiger charge is 2.44. The van der Waals surface area contributed by atoms with Gasteiger partial charge in [-0.3, -0.25) is 19.2 Å². The Labute approximate surface area is 341 Å². The van der Waals surface area contributed by atoms with Crippen molar-refractivity contribution in [3.63, 3.8) is 0 Å². The molecular formula is C41H59ClN8O5S. The molecule has 4 amide bonds. The number of amides is 4. The van der Waals surface area contributed by atoms with Gasteiger partial charge in [0.1, 0.15) is 17.8 Å². The number of carbonyl (C=O) groups excluding carboxylic acids is 4. The van der Waals surface area contributed by atoms with Crippen molar-refractivity contribution in [3.05, 3.63) is 65.1 Å².